The number of halogens is 1. The highest BCUT2D eigenvalue weighted by molar-refractivity contribution is 6.34. The molecule has 9 heteroatoms. The molecule has 148 valence electrons. The Kier molecular flexibility index (Phi) is 5.26. The summed E-state index contributed by atoms with van der Waals surface area (Å²) in [5.41, 5.74) is 0.958. The van der Waals surface area contributed by atoms with E-state index in [1.54, 1.807) is 4.90 Å². The van der Waals surface area contributed by atoms with E-state index in [1.165, 1.54) is 18.2 Å². The summed E-state index contributed by atoms with van der Waals surface area (Å²) in [5, 5.41) is 15.0. The second kappa shape index (κ2) is 8.00. The molecule has 4 rings (SSSR count). The predicted octanol–water partition coefficient (Wildman–Crippen LogP) is 4.32. The van der Waals surface area contributed by atoms with E-state index in [0.717, 1.165) is 18.4 Å². The molecule has 1 aromatic heterocycles. The first-order chi connectivity index (χ1) is 14.0. The highest BCUT2D eigenvalue weighted by atomic mass is 35.5. The molecule has 1 fully saturated rings. The zero-order valence-corrected chi connectivity index (χ0v) is 16.1. The fourth-order valence-electron chi connectivity index (χ4n) is 3.43. The number of hydrogen-bond donors (Lipinski definition) is 0. The highest BCUT2D eigenvalue weighted by Gasteiger charge is 2.30. The van der Waals surface area contributed by atoms with Crippen molar-refractivity contribution in [2.45, 2.75) is 18.8 Å². The van der Waals surface area contributed by atoms with E-state index in [-0.39, 0.29) is 28.1 Å². The summed E-state index contributed by atoms with van der Waals surface area (Å²) in [6.07, 6.45) is 1.61. The third kappa shape index (κ3) is 3.97. The third-order valence-corrected chi connectivity index (χ3v) is 5.24. The first-order valence-corrected chi connectivity index (χ1v) is 9.53. The number of aromatic nitrogens is 2. The van der Waals surface area contributed by atoms with Crippen LogP contribution >= 0.6 is 11.6 Å². The summed E-state index contributed by atoms with van der Waals surface area (Å²) in [4.78, 5) is 29.4. The maximum atomic E-state index is 12.9. The second-order valence-corrected chi connectivity index (χ2v) is 7.24. The van der Waals surface area contributed by atoms with Gasteiger partial charge in [0.2, 0.25) is 11.7 Å². The van der Waals surface area contributed by atoms with E-state index >= 15 is 0 Å². The lowest BCUT2D eigenvalue weighted by molar-refractivity contribution is -0.384. The molecule has 0 bridgehead atoms. The molecule has 0 spiro atoms. The van der Waals surface area contributed by atoms with Crippen molar-refractivity contribution in [1.29, 1.82) is 0 Å². The van der Waals surface area contributed by atoms with Crippen LogP contribution in [0.5, 0.6) is 0 Å². The van der Waals surface area contributed by atoms with E-state index in [9.17, 15) is 14.9 Å². The Labute approximate surface area is 171 Å². The van der Waals surface area contributed by atoms with Gasteiger partial charge in [0.05, 0.1) is 21.4 Å². The molecule has 0 unspecified atom stereocenters. The van der Waals surface area contributed by atoms with Gasteiger partial charge in [-0.1, -0.05) is 47.1 Å². The van der Waals surface area contributed by atoms with Gasteiger partial charge in [-0.25, -0.2) is 0 Å². The number of benzene rings is 2. The summed E-state index contributed by atoms with van der Waals surface area (Å²) in [7, 11) is 0. The van der Waals surface area contributed by atoms with Crippen LogP contribution in [0.15, 0.2) is 53.1 Å². The maximum absolute atomic E-state index is 12.9. The molecule has 1 saturated heterocycles. The molecule has 2 heterocycles. The van der Waals surface area contributed by atoms with Gasteiger partial charge in [-0.15, -0.1) is 0 Å². The van der Waals surface area contributed by atoms with Crippen molar-refractivity contribution < 1.29 is 14.2 Å². The first-order valence-electron chi connectivity index (χ1n) is 9.15. The predicted molar refractivity (Wildman–Crippen MR) is 106 cm³/mol. The molecule has 0 N–H and O–H groups in total. The monoisotopic (exact) mass is 412 g/mol. The largest absolute Gasteiger partial charge is 0.339 e. The number of amides is 1. The van der Waals surface area contributed by atoms with Gasteiger partial charge in [-0.2, -0.15) is 4.98 Å². The molecule has 1 aliphatic rings. The average molecular weight is 413 g/mol. The molecule has 0 aliphatic carbocycles. The third-order valence-electron chi connectivity index (χ3n) is 4.93. The summed E-state index contributed by atoms with van der Waals surface area (Å²) in [6, 6.07) is 13.4. The molecular formula is C20H17ClN4O4. The van der Waals surface area contributed by atoms with Crippen molar-refractivity contribution in [1.82, 2.24) is 15.0 Å². The first kappa shape index (κ1) is 19.1. The van der Waals surface area contributed by atoms with Crippen LogP contribution < -0.4 is 0 Å². The number of rotatable bonds is 4. The van der Waals surface area contributed by atoms with Gasteiger partial charge < -0.3 is 9.42 Å². The van der Waals surface area contributed by atoms with Gasteiger partial charge >= 0.3 is 0 Å². The van der Waals surface area contributed by atoms with Gasteiger partial charge in [0.25, 0.3) is 11.6 Å². The van der Waals surface area contributed by atoms with E-state index in [2.05, 4.69) is 10.1 Å². The molecule has 3 aromatic rings. The Morgan fingerprint density at radius 2 is 2.03 bits per heavy atom. The highest BCUT2D eigenvalue weighted by Crippen LogP contribution is 2.30. The Bertz CT molecular complexity index is 1050. The van der Waals surface area contributed by atoms with Crippen molar-refractivity contribution >= 4 is 23.2 Å². The lowest BCUT2D eigenvalue weighted by Gasteiger charge is -2.31. The van der Waals surface area contributed by atoms with Crippen LogP contribution in [0, 0.1) is 10.1 Å². The summed E-state index contributed by atoms with van der Waals surface area (Å²) in [5.74, 6) is 0.672. The van der Waals surface area contributed by atoms with E-state index in [1.807, 2.05) is 30.3 Å². The van der Waals surface area contributed by atoms with Crippen LogP contribution in [0.25, 0.3) is 11.4 Å². The van der Waals surface area contributed by atoms with Gasteiger partial charge in [-0.05, 0) is 18.9 Å². The number of nitro groups is 1. The Morgan fingerprint density at radius 1 is 1.24 bits per heavy atom. The van der Waals surface area contributed by atoms with Crippen molar-refractivity contribution in [3.05, 3.63) is 75.1 Å². The molecule has 0 saturated carbocycles. The average Bonchev–Trinajstić information content (AvgIpc) is 3.24. The quantitative estimate of drug-likeness (QED) is 0.467. The zero-order chi connectivity index (χ0) is 20.4. The van der Waals surface area contributed by atoms with Gasteiger partial charge in [0, 0.05) is 30.8 Å². The number of non-ortho nitro benzene ring substituents is 1. The van der Waals surface area contributed by atoms with Crippen molar-refractivity contribution in [3.8, 4) is 11.4 Å². The topological polar surface area (TPSA) is 102 Å². The van der Waals surface area contributed by atoms with Crippen LogP contribution in [0.3, 0.4) is 0 Å². The minimum absolute atomic E-state index is 0.0653. The Balaban J connectivity index is 1.51. The summed E-state index contributed by atoms with van der Waals surface area (Å²) < 4.78 is 5.46. The number of likely N-dealkylation sites (tertiary alicyclic amines) is 1. The fourth-order valence-corrected chi connectivity index (χ4v) is 3.69. The number of nitro benzene ring substituents is 1. The summed E-state index contributed by atoms with van der Waals surface area (Å²) >= 11 is 6.12. The number of nitrogens with zero attached hydrogens (tertiary/aromatic N) is 4. The smallest absolute Gasteiger partial charge is 0.270 e. The van der Waals surface area contributed by atoms with Gasteiger partial charge in [0.1, 0.15) is 0 Å². The molecule has 1 aliphatic heterocycles. The van der Waals surface area contributed by atoms with Crippen molar-refractivity contribution in [3.63, 3.8) is 0 Å². The standard InChI is InChI=1S/C20H17ClN4O4/c21-17-11-15(25(27)28)8-9-16(17)20(26)24-10-4-7-14(12-24)19-22-18(23-29-19)13-5-2-1-3-6-13/h1-3,5-6,8-9,11,14H,4,7,10,12H2/t14-/m1/s1. The minimum atomic E-state index is -0.545. The number of piperidine rings is 1. The van der Waals surface area contributed by atoms with Gasteiger partial charge in [-0.3, -0.25) is 14.9 Å². The molecule has 2 aromatic carbocycles. The van der Waals surface area contributed by atoms with Crippen LogP contribution in [0.4, 0.5) is 5.69 Å². The van der Waals surface area contributed by atoms with E-state index < -0.39 is 4.92 Å². The molecule has 1 amide bonds. The Hall–Kier alpha value is -3.26. The molecular weight excluding hydrogens is 396 g/mol. The van der Waals surface area contributed by atoms with E-state index in [4.69, 9.17) is 16.1 Å². The van der Waals surface area contributed by atoms with Crippen LogP contribution in [-0.2, 0) is 0 Å². The van der Waals surface area contributed by atoms with Crippen LogP contribution in [-0.4, -0.2) is 39.0 Å². The zero-order valence-electron chi connectivity index (χ0n) is 15.3. The lowest BCUT2D eigenvalue weighted by atomic mass is 9.97. The second-order valence-electron chi connectivity index (χ2n) is 6.83. The maximum Gasteiger partial charge on any atom is 0.270 e. The number of hydrogen-bond acceptors (Lipinski definition) is 6. The Morgan fingerprint density at radius 3 is 2.76 bits per heavy atom. The molecule has 0 radical (unpaired) electrons. The van der Waals surface area contributed by atoms with Gasteiger partial charge in [0.15, 0.2) is 0 Å². The fraction of sp³-hybridized carbons (Fsp3) is 0.250. The molecule has 29 heavy (non-hydrogen) atoms. The van der Waals surface area contributed by atoms with Crippen LogP contribution in [0.1, 0.15) is 35.0 Å². The minimum Gasteiger partial charge on any atom is -0.339 e. The molecule has 8 nitrogen and oxygen atoms in total. The van der Waals surface area contributed by atoms with E-state index in [0.29, 0.717) is 24.8 Å². The lowest BCUT2D eigenvalue weighted by Crippen LogP contribution is -2.39. The van der Waals surface area contributed by atoms with Crippen molar-refractivity contribution in [2.75, 3.05) is 13.1 Å². The molecule has 1 atom stereocenters. The van der Waals surface area contributed by atoms with Crippen molar-refractivity contribution in [2.24, 2.45) is 0 Å². The summed E-state index contributed by atoms with van der Waals surface area (Å²) in [6.45, 7) is 0.991. The SMILES string of the molecule is O=C(c1ccc([N+](=O)[O-])cc1Cl)N1CCC[C@@H](c2nc(-c3ccccc3)no2)C1. The number of carbonyl (C=O) groups excluding carboxylic acids is 1. The number of carbonyl (C=O) groups is 1. The van der Waals surface area contributed by atoms with Crippen LogP contribution in [0.2, 0.25) is 5.02 Å². The normalized spacial score (nSPS) is 16.6.